The fraction of sp³-hybridized carbons (Fsp3) is 0.529. The van der Waals surface area contributed by atoms with Crippen LogP contribution in [0.2, 0.25) is 0 Å². The van der Waals surface area contributed by atoms with Gasteiger partial charge in [0.1, 0.15) is 17.8 Å². The van der Waals surface area contributed by atoms with Crippen molar-refractivity contribution in [1.82, 2.24) is 25.1 Å². The molecule has 0 aliphatic carbocycles. The maximum atomic E-state index is 12.7. The molecule has 1 aromatic heterocycles. The predicted octanol–water partition coefficient (Wildman–Crippen LogP) is 1.83. The van der Waals surface area contributed by atoms with E-state index in [2.05, 4.69) is 15.5 Å². The van der Waals surface area contributed by atoms with E-state index >= 15 is 0 Å². The summed E-state index contributed by atoms with van der Waals surface area (Å²) in [6.07, 6.45) is 4.70. The van der Waals surface area contributed by atoms with E-state index in [0.29, 0.717) is 19.4 Å². The third-order valence-corrected chi connectivity index (χ3v) is 4.54. The molecule has 1 aliphatic heterocycles. The molecular formula is C17H23N5O3. The largest absolute Gasteiger partial charge is 0.497 e. The fourth-order valence-electron chi connectivity index (χ4n) is 3.30. The Labute approximate surface area is 146 Å². The summed E-state index contributed by atoms with van der Waals surface area (Å²) < 4.78 is 12.4. The molecule has 134 valence electrons. The van der Waals surface area contributed by atoms with Gasteiger partial charge in [-0.3, -0.25) is 4.79 Å². The number of aromatic nitrogens is 4. The van der Waals surface area contributed by atoms with E-state index in [0.717, 1.165) is 36.4 Å². The van der Waals surface area contributed by atoms with Gasteiger partial charge in [0.15, 0.2) is 0 Å². The van der Waals surface area contributed by atoms with Crippen LogP contribution in [0, 0.1) is 0 Å². The minimum absolute atomic E-state index is 0.0568. The van der Waals surface area contributed by atoms with Gasteiger partial charge in [-0.2, -0.15) is 0 Å². The first-order chi connectivity index (χ1) is 12.2. The zero-order valence-electron chi connectivity index (χ0n) is 14.6. The first-order valence-corrected chi connectivity index (χ1v) is 8.45. The lowest BCUT2D eigenvalue weighted by Crippen LogP contribution is -2.30. The Balaban J connectivity index is 1.66. The predicted molar refractivity (Wildman–Crippen MR) is 90.3 cm³/mol. The van der Waals surface area contributed by atoms with E-state index in [9.17, 15) is 4.79 Å². The summed E-state index contributed by atoms with van der Waals surface area (Å²) in [4.78, 5) is 14.6. The van der Waals surface area contributed by atoms with E-state index < -0.39 is 0 Å². The minimum Gasteiger partial charge on any atom is -0.497 e. The number of tetrazole rings is 1. The number of carbonyl (C=O) groups excluding carboxylic acids is 1. The Kier molecular flexibility index (Phi) is 5.47. The number of methoxy groups -OCH3 is 2. The highest BCUT2D eigenvalue weighted by molar-refractivity contribution is 5.77. The van der Waals surface area contributed by atoms with Crippen molar-refractivity contribution in [3.63, 3.8) is 0 Å². The van der Waals surface area contributed by atoms with Gasteiger partial charge in [-0.05, 0) is 41.8 Å². The summed E-state index contributed by atoms with van der Waals surface area (Å²) in [5.41, 5.74) is 1.04. The van der Waals surface area contributed by atoms with Crippen LogP contribution in [0.1, 0.15) is 37.3 Å². The quantitative estimate of drug-likeness (QED) is 0.761. The molecule has 3 rings (SSSR count). The molecule has 1 atom stereocenters. The van der Waals surface area contributed by atoms with Gasteiger partial charge >= 0.3 is 0 Å². The Morgan fingerprint density at radius 3 is 2.92 bits per heavy atom. The second-order valence-corrected chi connectivity index (χ2v) is 6.03. The van der Waals surface area contributed by atoms with Crippen LogP contribution >= 0.6 is 0 Å². The Bertz CT molecular complexity index is 704. The van der Waals surface area contributed by atoms with Crippen LogP contribution < -0.4 is 9.47 Å². The number of rotatable bonds is 7. The van der Waals surface area contributed by atoms with Gasteiger partial charge < -0.3 is 14.4 Å². The highest BCUT2D eigenvalue weighted by Gasteiger charge is 2.31. The fourth-order valence-corrected chi connectivity index (χ4v) is 3.30. The third-order valence-electron chi connectivity index (χ3n) is 4.54. The van der Waals surface area contributed by atoms with Gasteiger partial charge in [0.05, 0.1) is 20.3 Å². The van der Waals surface area contributed by atoms with Crippen LogP contribution in [-0.2, 0) is 11.3 Å². The normalized spacial score (nSPS) is 16.9. The van der Waals surface area contributed by atoms with Gasteiger partial charge in [0.2, 0.25) is 5.91 Å². The van der Waals surface area contributed by atoms with Crippen LogP contribution in [0.3, 0.4) is 0 Å². The van der Waals surface area contributed by atoms with Gasteiger partial charge in [0.25, 0.3) is 0 Å². The Morgan fingerprint density at radius 1 is 1.32 bits per heavy atom. The molecule has 25 heavy (non-hydrogen) atoms. The molecule has 2 aromatic rings. The molecule has 8 heteroatoms. The van der Waals surface area contributed by atoms with E-state index in [1.54, 1.807) is 25.2 Å². The number of hydrogen-bond donors (Lipinski definition) is 0. The number of carbonyl (C=O) groups is 1. The highest BCUT2D eigenvalue weighted by Crippen LogP contribution is 2.39. The lowest BCUT2D eigenvalue weighted by molar-refractivity contribution is -0.132. The van der Waals surface area contributed by atoms with Crippen molar-refractivity contribution >= 4 is 5.91 Å². The summed E-state index contributed by atoms with van der Waals surface area (Å²) in [6.45, 7) is 1.42. The van der Waals surface area contributed by atoms with Gasteiger partial charge in [-0.1, -0.05) is 0 Å². The molecule has 1 fully saturated rings. The standard InChI is InChI=1S/C17H23N5O3/c1-24-13-7-8-14(16(11-13)25-2)15-5-3-10-22(15)17(23)6-4-9-21-12-18-19-20-21/h7-8,11-12,15H,3-6,9-10H2,1-2H3. The first-order valence-electron chi connectivity index (χ1n) is 8.45. The van der Waals surface area contributed by atoms with Crippen LogP contribution in [0.4, 0.5) is 0 Å². The molecule has 1 unspecified atom stereocenters. The van der Waals surface area contributed by atoms with E-state index in [-0.39, 0.29) is 11.9 Å². The monoisotopic (exact) mass is 345 g/mol. The molecule has 2 heterocycles. The van der Waals surface area contributed by atoms with Crippen molar-refractivity contribution in [2.45, 2.75) is 38.3 Å². The van der Waals surface area contributed by atoms with Crippen LogP contribution in [0.25, 0.3) is 0 Å². The van der Waals surface area contributed by atoms with Crippen LogP contribution in [0.15, 0.2) is 24.5 Å². The van der Waals surface area contributed by atoms with Crippen molar-refractivity contribution in [3.05, 3.63) is 30.1 Å². The van der Waals surface area contributed by atoms with E-state index in [1.165, 1.54) is 0 Å². The van der Waals surface area contributed by atoms with Crippen LogP contribution in [0.5, 0.6) is 11.5 Å². The summed E-state index contributed by atoms with van der Waals surface area (Å²) in [7, 11) is 3.27. The highest BCUT2D eigenvalue weighted by atomic mass is 16.5. The molecular weight excluding hydrogens is 322 g/mol. The Morgan fingerprint density at radius 2 is 2.20 bits per heavy atom. The zero-order chi connectivity index (χ0) is 17.6. The van der Waals surface area contributed by atoms with E-state index in [1.807, 2.05) is 23.1 Å². The molecule has 0 saturated carbocycles. The van der Waals surface area contributed by atoms with Crippen molar-refractivity contribution in [1.29, 1.82) is 0 Å². The number of amides is 1. The summed E-state index contributed by atoms with van der Waals surface area (Å²) >= 11 is 0. The van der Waals surface area contributed by atoms with Crippen molar-refractivity contribution in [2.24, 2.45) is 0 Å². The number of ether oxygens (including phenoxy) is 2. The lowest BCUT2D eigenvalue weighted by Gasteiger charge is -2.26. The van der Waals surface area contributed by atoms with Gasteiger partial charge in [-0.25, -0.2) is 4.68 Å². The SMILES string of the molecule is COc1ccc(C2CCCN2C(=O)CCCn2cnnn2)c(OC)c1. The van der Waals surface area contributed by atoms with E-state index in [4.69, 9.17) is 9.47 Å². The average Bonchev–Trinajstić information content (AvgIpc) is 3.32. The average molecular weight is 345 g/mol. The molecule has 0 bridgehead atoms. The Hall–Kier alpha value is -2.64. The second-order valence-electron chi connectivity index (χ2n) is 6.03. The first kappa shape index (κ1) is 17.2. The third kappa shape index (κ3) is 3.89. The number of nitrogens with zero attached hydrogens (tertiary/aromatic N) is 5. The molecule has 0 radical (unpaired) electrons. The van der Waals surface area contributed by atoms with Gasteiger partial charge in [0, 0.05) is 31.1 Å². The molecule has 1 aliphatic rings. The number of benzene rings is 1. The molecule has 0 spiro atoms. The topological polar surface area (TPSA) is 82.4 Å². The van der Waals surface area contributed by atoms with Gasteiger partial charge in [-0.15, -0.1) is 5.10 Å². The van der Waals surface area contributed by atoms with Crippen molar-refractivity contribution < 1.29 is 14.3 Å². The lowest BCUT2D eigenvalue weighted by atomic mass is 10.0. The molecule has 0 N–H and O–H groups in total. The molecule has 1 saturated heterocycles. The molecule has 8 nitrogen and oxygen atoms in total. The van der Waals surface area contributed by atoms with Crippen molar-refractivity contribution in [3.8, 4) is 11.5 Å². The summed E-state index contributed by atoms with van der Waals surface area (Å²) in [5, 5.41) is 11.0. The number of aryl methyl sites for hydroxylation is 1. The smallest absolute Gasteiger partial charge is 0.223 e. The second kappa shape index (κ2) is 7.96. The molecule has 1 aromatic carbocycles. The zero-order valence-corrected chi connectivity index (χ0v) is 14.6. The minimum atomic E-state index is 0.0568. The number of likely N-dealkylation sites (tertiary alicyclic amines) is 1. The maximum Gasteiger partial charge on any atom is 0.223 e. The number of hydrogen-bond acceptors (Lipinski definition) is 6. The summed E-state index contributed by atoms with van der Waals surface area (Å²) in [5.74, 6) is 1.67. The van der Waals surface area contributed by atoms with Crippen molar-refractivity contribution in [2.75, 3.05) is 20.8 Å². The molecule has 1 amide bonds. The van der Waals surface area contributed by atoms with Crippen LogP contribution in [-0.4, -0.2) is 51.8 Å². The summed E-state index contributed by atoms with van der Waals surface area (Å²) in [6, 6.07) is 5.83. The maximum absolute atomic E-state index is 12.7.